The fourth-order valence-electron chi connectivity index (χ4n) is 3.08. The molecule has 1 heterocycles. The SMILES string of the molecule is O=C(NCc1cc(C2CC2)nn1-c1cccc(Cl)c1)Nc1ccc(CO)c(F)c1. The second-order valence-electron chi connectivity index (χ2n) is 7.00. The maximum Gasteiger partial charge on any atom is 0.319 e. The molecule has 3 aromatic rings. The predicted octanol–water partition coefficient (Wildman–Crippen LogP) is 4.36. The quantitative estimate of drug-likeness (QED) is 0.560. The molecule has 2 aromatic carbocycles. The molecule has 0 spiro atoms. The van der Waals surface area contributed by atoms with Gasteiger partial charge in [-0.25, -0.2) is 13.9 Å². The highest BCUT2D eigenvalue weighted by Crippen LogP contribution is 2.39. The van der Waals surface area contributed by atoms with Crippen molar-refractivity contribution in [3.8, 4) is 5.69 Å². The second-order valence-corrected chi connectivity index (χ2v) is 7.43. The van der Waals surface area contributed by atoms with Gasteiger partial charge in [-0.05, 0) is 49.2 Å². The molecule has 0 atom stereocenters. The van der Waals surface area contributed by atoms with E-state index in [4.69, 9.17) is 16.7 Å². The van der Waals surface area contributed by atoms with Gasteiger partial charge in [0.15, 0.2) is 0 Å². The Labute approximate surface area is 172 Å². The maximum absolute atomic E-state index is 13.8. The number of aromatic nitrogens is 2. The van der Waals surface area contributed by atoms with Crippen molar-refractivity contribution in [3.05, 3.63) is 76.3 Å². The molecule has 0 aliphatic heterocycles. The average Bonchev–Trinajstić information content (AvgIpc) is 3.46. The van der Waals surface area contributed by atoms with Crippen molar-refractivity contribution in [2.75, 3.05) is 5.32 Å². The van der Waals surface area contributed by atoms with Crippen LogP contribution in [-0.2, 0) is 13.2 Å². The number of aliphatic hydroxyl groups excluding tert-OH is 1. The molecule has 1 saturated carbocycles. The minimum Gasteiger partial charge on any atom is -0.392 e. The predicted molar refractivity (Wildman–Crippen MR) is 109 cm³/mol. The Bertz CT molecular complexity index is 1050. The minimum atomic E-state index is -0.571. The smallest absolute Gasteiger partial charge is 0.319 e. The number of halogens is 2. The zero-order valence-corrected chi connectivity index (χ0v) is 16.3. The molecule has 150 valence electrons. The van der Waals surface area contributed by atoms with Gasteiger partial charge in [0.05, 0.1) is 30.2 Å². The van der Waals surface area contributed by atoms with Gasteiger partial charge in [-0.2, -0.15) is 5.10 Å². The van der Waals surface area contributed by atoms with Crippen LogP contribution < -0.4 is 10.6 Å². The van der Waals surface area contributed by atoms with Crippen LogP contribution in [0, 0.1) is 5.82 Å². The largest absolute Gasteiger partial charge is 0.392 e. The molecule has 1 fully saturated rings. The van der Waals surface area contributed by atoms with Gasteiger partial charge in [-0.1, -0.05) is 23.7 Å². The Balaban J connectivity index is 1.47. The first kappa shape index (κ1) is 19.4. The van der Waals surface area contributed by atoms with Gasteiger partial charge in [-0.15, -0.1) is 0 Å². The third-order valence-electron chi connectivity index (χ3n) is 4.76. The van der Waals surface area contributed by atoms with Crippen molar-refractivity contribution < 1.29 is 14.3 Å². The summed E-state index contributed by atoms with van der Waals surface area (Å²) in [5.41, 5.74) is 3.13. The summed E-state index contributed by atoms with van der Waals surface area (Å²) in [6.45, 7) is -0.148. The van der Waals surface area contributed by atoms with Crippen LogP contribution in [0.25, 0.3) is 5.69 Å². The van der Waals surface area contributed by atoms with Gasteiger partial charge < -0.3 is 15.7 Å². The first-order valence-corrected chi connectivity index (χ1v) is 9.70. The molecule has 1 aliphatic rings. The van der Waals surface area contributed by atoms with Crippen LogP contribution in [0.1, 0.15) is 35.7 Å². The highest BCUT2D eigenvalue weighted by Gasteiger charge is 2.27. The summed E-state index contributed by atoms with van der Waals surface area (Å²) in [4.78, 5) is 12.3. The van der Waals surface area contributed by atoms with E-state index in [1.807, 2.05) is 24.3 Å². The third kappa shape index (κ3) is 4.58. The Hall–Kier alpha value is -2.90. The van der Waals surface area contributed by atoms with Crippen molar-refractivity contribution in [2.45, 2.75) is 31.9 Å². The molecule has 0 radical (unpaired) electrons. The Morgan fingerprint density at radius 1 is 1.24 bits per heavy atom. The third-order valence-corrected chi connectivity index (χ3v) is 5.00. The van der Waals surface area contributed by atoms with Crippen LogP contribution >= 0.6 is 11.6 Å². The van der Waals surface area contributed by atoms with E-state index in [0.29, 0.717) is 16.6 Å². The molecule has 0 bridgehead atoms. The number of carbonyl (C=O) groups is 1. The van der Waals surface area contributed by atoms with Gasteiger partial charge in [0.25, 0.3) is 0 Å². The number of hydrogen-bond donors (Lipinski definition) is 3. The van der Waals surface area contributed by atoms with E-state index in [1.54, 1.807) is 10.7 Å². The van der Waals surface area contributed by atoms with Crippen LogP contribution in [0.4, 0.5) is 14.9 Å². The van der Waals surface area contributed by atoms with Crippen LogP contribution in [-0.4, -0.2) is 20.9 Å². The van der Waals surface area contributed by atoms with E-state index in [9.17, 15) is 9.18 Å². The molecular weight excluding hydrogens is 395 g/mol. The molecular formula is C21H20ClFN4O2. The Kier molecular flexibility index (Phi) is 5.51. The van der Waals surface area contributed by atoms with E-state index < -0.39 is 18.5 Å². The summed E-state index contributed by atoms with van der Waals surface area (Å²) >= 11 is 6.11. The van der Waals surface area contributed by atoms with Gasteiger partial charge in [-0.3, -0.25) is 0 Å². The van der Waals surface area contributed by atoms with E-state index >= 15 is 0 Å². The fraction of sp³-hybridized carbons (Fsp3) is 0.238. The molecule has 3 N–H and O–H groups in total. The summed E-state index contributed by atoms with van der Waals surface area (Å²) in [7, 11) is 0. The zero-order valence-electron chi connectivity index (χ0n) is 15.5. The number of amides is 2. The van der Waals surface area contributed by atoms with Gasteiger partial charge in [0.1, 0.15) is 5.82 Å². The number of nitrogens with one attached hydrogen (secondary N) is 2. The molecule has 1 aromatic heterocycles. The molecule has 8 heteroatoms. The summed E-state index contributed by atoms with van der Waals surface area (Å²) in [5, 5.41) is 19.7. The average molecular weight is 415 g/mol. The van der Waals surface area contributed by atoms with Crippen LogP contribution in [0.3, 0.4) is 0 Å². The van der Waals surface area contributed by atoms with Crippen molar-refractivity contribution in [1.29, 1.82) is 0 Å². The highest BCUT2D eigenvalue weighted by atomic mass is 35.5. The molecule has 2 amide bonds. The van der Waals surface area contributed by atoms with Crippen molar-refractivity contribution in [2.24, 2.45) is 0 Å². The van der Waals surface area contributed by atoms with Crippen LogP contribution in [0.2, 0.25) is 5.02 Å². The molecule has 0 unspecified atom stereocenters. The minimum absolute atomic E-state index is 0.175. The highest BCUT2D eigenvalue weighted by molar-refractivity contribution is 6.30. The number of carbonyl (C=O) groups excluding carboxylic acids is 1. The normalized spacial score (nSPS) is 13.3. The summed E-state index contributed by atoms with van der Waals surface area (Å²) in [6.07, 6.45) is 2.24. The number of aliphatic hydroxyl groups is 1. The molecule has 6 nitrogen and oxygen atoms in total. The van der Waals surface area contributed by atoms with Crippen molar-refractivity contribution in [3.63, 3.8) is 0 Å². The molecule has 1 aliphatic carbocycles. The lowest BCUT2D eigenvalue weighted by Gasteiger charge is -2.11. The van der Waals surface area contributed by atoms with Crippen LogP contribution in [0.5, 0.6) is 0 Å². The summed E-state index contributed by atoms with van der Waals surface area (Å²) < 4.78 is 15.5. The van der Waals surface area contributed by atoms with Crippen LogP contribution in [0.15, 0.2) is 48.5 Å². The lowest BCUT2D eigenvalue weighted by molar-refractivity contribution is 0.251. The van der Waals surface area contributed by atoms with Gasteiger partial charge in [0.2, 0.25) is 0 Å². The van der Waals surface area contributed by atoms with Gasteiger partial charge >= 0.3 is 6.03 Å². The summed E-state index contributed by atoms with van der Waals surface area (Å²) in [5.74, 6) is -0.102. The second kappa shape index (κ2) is 8.23. The number of benzene rings is 2. The van der Waals surface area contributed by atoms with E-state index in [-0.39, 0.29) is 12.1 Å². The van der Waals surface area contributed by atoms with E-state index in [2.05, 4.69) is 15.7 Å². The molecule has 4 rings (SSSR count). The Morgan fingerprint density at radius 3 is 2.76 bits per heavy atom. The number of anilines is 1. The lowest BCUT2D eigenvalue weighted by atomic mass is 10.2. The van der Waals surface area contributed by atoms with Crippen molar-refractivity contribution >= 4 is 23.3 Å². The maximum atomic E-state index is 13.8. The monoisotopic (exact) mass is 414 g/mol. The van der Waals surface area contributed by atoms with Gasteiger partial charge in [0, 0.05) is 22.2 Å². The standard InChI is InChI=1S/C21H20ClFN4O2/c22-15-2-1-3-17(8-15)27-18(10-20(26-27)13-4-5-13)11-24-21(29)25-16-7-6-14(12-28)19(23)9-16/h1-3,6-10,13,28H,4-5,11-12H2,(H2,24,25,29). The van der Waals surface area contributed by atoms with Crippen molar-refractivity contribution in [1.82, 2.24) is 15.1 Å². The number of rotatable bonds is 6. The Morgan fingerprint density at radius 2 is 2.07 bits per heavy atom. The lowest BCUT2D eigenvalue weighted by Crippen LogP contribution is -2.29. The molecule has 0 saturated heterocycles. The van der Waals surface area contributed by atoms with E-state index in [0.717, 1.165) is 29.9 Å². The first-order chi connectivity index (χ1) is 14.0. The number of urea groups is 1. The molecule has 29 heavy (non-hydrogen) atoms. The van der Waals surface area contributed by atoms with E-state index in [1.165, 1.54) is 18.2 Å². The zero-order chi connectivity index (χ0) is 20.4. The number of hydrogen-bond acceptors (Lipinski definition) is 3. The first-order valence-electron chi connectivity index (χ1n) is 9.32. The summed E-state index contributed by atoms with van der Waals surface area (Å²) in [6, 6.07) is 13.0. The number of nitrogens with zero attached hydrogens (tertiary/aromatic N) is 2. The fourth-order valence-corrected chi connectivity index (χ4v) is 3.26. The topological polar surface area (TPSA) is 79.2 Å².